The summed E-state index contributed by atoms with van der Waals surface area (Å²) >= 11 is 0. The molecule has 0 saturated carbocycles. The highest BCUT2D eigenvalue weighted by Gasteiger charge is 2.19. The Hall–Kier alpha value is -1.96. The third-order valence-electron chi connectivity index (χ3n) is 2.92. The van der Waals surface area contributed by atoms with Crippen LogP contribution in [0.15, 0.2) is 42.5 Å². The molecule has 0 aliphatic carbocycles. The molecule has 0 spiro atoms. The van der Waals surface area contributed by atoms with Crippen LogP contribution >= 0.6 is 0 Å². The molecule has 0 N–H and O–H groups in total. The van der Waals surface area contributed by atoms with E-state index in [-0.39, 0.29) is 0 Å². The number of hydrogen-bond acceptors (Lipinski definition) is 1. The van der Waals surface area contributed by atoms with Crippen molar-refractivity contribution in [1.29, 1.82) is 0 Å². The summed E-state index contributed by atoms with van der Waals surface area (Å²) in [5, 5.41) is 4.70. The van der Waals surface area contributed by atoms with Crippen LogP contribution in [0.5, 0.6) is 11.5 Å². The molecule has 1 heterocycles. The van der Waals surface area contributed by atoms with E-state index in [1.807, 2.05) is 36.4 Å². The molecule has 2 nitrogen and oxygen atoms in total. The summed E-state index contributed by atoms with van der Waals surface area (Å²) in [6.07, 6.45) is 2.16. The molecule has 0 amide bonds. The lowest BCUT2D eigenvalue weighted by molar-refractivity contribution is 0.470. The number of rotatable bonds is 2. The van der Waals surface area contributed by atoms with Crippen molar-refractivity contribution < 1.29 is 4.74 Å². The van der Waals surface area contributed by atoms with Gasteiger partial charge in [0.2, 0.25) is 0 Å². The molecule has 3 rings (SSSR count). The molecule has 2 aromatic carbocycles. The molecule has 0 atom stereocenters. The van der Waals surface area contributed by atoms with Crippen LogP contribution in [0, 0.1) is 0 Å². The van der Waals surface area contributed by atoms with Crippen molar-refractivity contribution in [3.05, 3.63) is 48.0 Å². The smallest absolute Gasteiger partial charge is 0.153 e. The molecule has 2 heteroatoms. The number of hydrogen-bond donors (Lipinski definition) is 0. The number of ether oxygens (including phenoxy) is 1. The zero-order chi connectivity index (χ0) is 11.7. The molecule has 85 valence electrons. The Morgan fingerprint density at radius 3 is 2.71 bits per heavy atom. The zero-order valence-electron chi connectivity index (χ0n) is 9.81. The van der Waals surface area contributed by atoms with Gasteiger partial charge < -0.3 is 4.74 Å². The topological polar surface area (TPSA) is 23.3 Å². The largest absolute Gasteiger partial charge is 0.453 e. The van der Waals surface area contributed by atoms with Crippen molar-refractivity contribution in [2.24, 2.45) is 0 Å². The highest BCUT2D eigenvalue weighted by molar-refractivity contribution is 5.70. The lowest BCUT2D eigenvalue weighted by atomic mass is 10.1. The Labute approximate surface area is 101 Å². The van der Waals surface area contributed by atoms with E-state index in [9.17, 15) is 0 Å². The number of benzene rings is 2. The van der Waals surface area contributed by atoms with E-state index in [2.05, 4.69) is 13.0 Å². The monoisotopic (exact) mass is 224 g/mol. The van der Waals surface area contributed by atoms with Gasteiger partial charge in [0.25, 0.3) is 0 Å². The van der Waals surface area contributed by atoms with Gasteiger partial charge in [0, 0.05) is 0 Å². The Kier molecular flexibility index (Phi) is 2.48. The molecule has 0 bridgehead atoms. The van der Waals surface area contributed by atoms with E-state index in [4.69, 9.17) is 10.1 Å². The van der Waals surface area contributed by atoms with Crippen LogP contribution in [-0.2, 0) is 6.42 Å². The third kappa shape index (κ3) is 1.76. The number of aryl methyl sites for hydroxylation is 1. The number of para-hydroxylation sites is 3. The summed E-state index contributed by atoms with van der Waals surface area (Å²) in [4.78, 5) is 0. The Morgan fingerprint density at radius 2 is 1.82 bits per heavy atom. The van der Waals surface area contributed by atoms with E-state index in [1.54, 1.807) is 0 Å². The van der Waals surface area contributed by atoms with Gasteiger partial charge in [-0.15, -0.1) is 0 Å². The van der Waals surface area contributed by atoms with Gasteiger partial charge in [0.05, 0.1) is 0 Å². The molecule has 2 aromatic rings. The summed E-state index contributed by atoms with van der Waals surface area (Å²) in [5.41, 5.74) is 3.18. The molecule has 0 aromatic heterocycles. The van der Waals surface area contributed by atoms with Crippen molar-refractivity contribution >= 4 is 11.4 Å². The van der Waals surface area contributed by atoms with Crippen molar-refractivity contribution in [2.75, 3.05) is 0 Å². The van der Waals surface area contributed by atoms with Crippen LogP contribution in [0.3, 0.4) is 0 Å². The van der Waals surface area contributed by atoms with Crippen molar-refractivity contribution in [3.63, 3.8) is 0 Å². The first-order valence-electron chi connectivity index (χ1n) is 5.99. The Morgan fingerprint density at radius 1 is 1.00 bits per heavy atom. The van der Waals surface area contributed by atoms with Crippen molar-refractivity contribution in [3.8, 4) is 11.5 Å². The third-order valence-corrected chi connectivity index (χ3v) is 2.92. The summed E-state index contributed by atoms with van der Waals surface area (Å²) in [7, 11) is 0. The number of nitrogens with zero attached hydrogens (tertiary/aromatic N) is 1. The molecule has 1 aliphatic heterocycles. The average Bonchev–Trinajstić information content (AvgIpc) is 2.37. The minimum absolute atomic E-state index is 0.841. The van der Waals surface area contributed by atoms with Crippen LogP contribution in [0.1, 0.15) is 18.9 Å². The Bertz CT molecular complexity index is 548. The first kappa shape index (κ1) is 10.2. The zero-order valence-corrected chi connectivity index (χ0v) is 9.81. The molecule has 0 saturated heterocycles. The maximum absolute atomic E-state index is 5.87. The van der Waals surface area contributed by atoms with Gasteiger partial charge in [0.1, 0.15) is 11.4 Å². The van der Waals surface area contributed by atoms with Crippen molar-refractivity contribution in [2.45, 2.75) is 19.8 Å². The summed E-state index contributed by atoms with van der Waals surface area (Å²) in [6.45, 7) is 2.18. The standard InChI is InChI=1S/C15H14NO/c1-2-6-11-7-5-10-14-15(11)16-12-8-3-4-9-13(12)17-14/h3-5,7-10H,2,6H2,1H3. The molecule has 1 radical (unpaired) electrons. The molecule has 0 fully saturated rings. The summed E-state index contributed by atoms with van der Waals surface area (Å²) in [5.74, 6) is 1.71. The second kappa shape index (κ2) is 4.13. The van der Waals surface area contributed by atoms with E-state index in [1.165, 1.54) is 5.56 Å². The van der Waals surface area contributed by atoms with E-state index < -0.39 is 0 Å². The SMILES string of the molecule is CCCc1cccc2c1[N]c1ccccc1O2. The molecule has 17 heavy (non-hydrogen) atoms. The van der Waals surface area contributed by atoms with Gasteiger partial charge in [-0.05, 0) is 30.2 Å². The fourth-order valence-corrected chi connectivity index (χ4v) is 2.12. The molecular formula is C15H14NO. The second-order valence-electron chi connectivity index (χ2n) is 4.20. The van der Waals surface area contributed by atoms with E-state index >= 15 is 0 Å². The average molecular weight is 224 g/mol. The van der Waals surface area contributed by atoms with Crippen LogP contribution in [0.4, 0.5) is 11.4 Å². The molecular weight excluding hydrogens is 210 g/mol. The molecule has 0 unspecified atom stereocenters. The fraction of sp³-hybridized carbons (Fsp3) is 0.200. The van der Waals surface area contributed by atoms with Gasteiger partial charge >= 0.3 is 0 Å². The maximum Gasteiger partial charge on any atom is 0.153 e. The van der Waals surface area contributed by atoms with Gasteiger partial charge in [-0.3, -0.25) is 0 Å². The van der Waals surface area contributed by atoms with E-state index in [0.29, 0.717) is 0 Å². The fourth-order valence-electron chi connectivity index (χ4n) is 2.12. The van der Waals surface area contributed by atoms with Crippen LogP contribution in [0.2, 0.25) is 0 Å². The maximum atomic E-state index is 5.87. The van der Waals surface area contributed by atoms with Crippen LogP contribution in [0.25, 0.3) is 0 Å². The number of fused-ring (bicyclic) bond motifs is 2. The van der Waals surface area contributed by atoms with Gasteiger partial charge in [0.15, 0.2) is 11.5 Å². The van der Waals surface area contributed by atoms with Crippen molar-refractivity contribution in [1.82, 2.24) is 5.32 Å². The Balaban J connectivity index is 2.05. The van der Waals surface area contributed by atoms with Gasteiger partial charge in [-0.25, -0.2) is 5.32 Å². The van der Waals surface area contributed by atoms with E-state index in [0.717, 1.165) is 35.7 Å². The molecule has 1 aliphatic rings. The van der Waals surface area contributed by atoms with Gasteiger partial charge in [-0.1, -0.05) is 37.6 Å². The van der Waals surface area contributed by atoms with Crippen LogP contribution < -0.4 is 10.1 Å². The van der Waals surface area contributed by atoms with Crippen LogP contribution in [-0.4, -0.2) is 0 Å². The quantitative estimate of drug-likeness (QED) is 0.636. The lowest BCUT2D eigenvalue weighted by Gasteiger charge is -2.21. The first-order chi connectivity index (χ1) is 8.38. The summed E-state index contributed by atoms with van der Waals surface area (Å²) in [6, 6.07) is 14.0. The highest BCUT2D eigenvalue weighted by Crippen LogP contribution is 2.43. The first-order valence-corrected chi connectivity index (χ1v) is 5.99. The highest BCUT2D eigenvalue weighted by atomic mass is 16.5. The van der Waals surface area contributed by atoms with Gasteiger partial charge in [-0.2, -0.15) is 0 Å². The predicted molar refractivity (Wildman–Crippen MR) is 68.4 cm³/mol. The predicted octanol–water partition coefficient (Wildman–Crippen LogP) is 4.31. The summed E-state index contributed by atoms with van der Waals surface area (Å²) < 4.78 is 5.87. The minimum atomic E-state index is 0.841. The second-order valence-corrected chi connectivity index (χ2v) is 4.20. The normalized spacial score (nSPS) is 12.1. The minimum Gasteiger partial charge on any atom is -0.453 e. The lowest BCUT2D eigenvalue weighted by Crippen LogP contribution is -2.04.